The number of alkyl halides is 4. The lowest BCUT2D eigenvalue weighted by atomic mass is 9.96. The van der Waals surface area contributed by atoms with Gasteiger partial charge in [-0.3, -0.25) is 0 Å². The van der Waals surface area contributed by atoms with E-state index in [0.717, 1.165) is 24.2 Å². The summed E-state index contributed by atoms with van der Waals surface area (Å²) in [6.45, 7) is -1.08. The third-order valence-corrected chi connectivity index (χ3v) is 3.48. The van der Waals surface area contributed by atoms with E-state index in [1.54, 1.807) is 7.11 Å². The first-order chi connectivity index (χ1) is 9.94. The second-order valence-electron chi connectivity index (χ2n) is 4.89. The summed E-state index contributed by atoms with van der Waals surface area (Å²) in [4.78, 5) is 0. The Kier molecular flexibility index (Phi) is 7.89. The smallest absolute Gasteiger partial charge is 0.411 e. The van der Waals surface area contributed by atoms with E-state index in [9.17, 15) is 13.2 Å². The zero-order valence-corrected chi connectivity index (χ0v) is 12.7. The van der Waals surface area contributed by atoms with Crippen molar-refractivity contribution >= 4 is 11.6 Å². The molecule has 0 aromatic heterocycles. The second kappa shape index (κ2) is 9.15. The molecule has 0 amide bonds. The summed E-state index contributed by atoms with van der Waals surface area (Å²) in [5.41, 5.74) is 1.11. The summed E-state index contributed by atoms with van der Waals surface area (Å²) in [6, 6.07) is 7.71. The minimum Gasteiger partial charge on any atom is -0.497 e. The Balaban J connectivity index is 2.31. The van der Waals surface area contributed by atoms with Gasteiger partial charge in [-0.05, 0) is 42.9 Å². The first kappa shape index (κ1) is 18.1. The predicted molar refractivity (Wildman–Crippen MR) is 77.0 cm³/mol. The third-order valence-electron chi connectivity index (χ3n) is 3.04. The van der Waals surface area contributed by atoms with Crippen LogP contribution in [0.5, 0.6) is 5.75 Å². The molecule has 0 heterocycles. The van der Waals surface area contributed by atoms with Crippen molar-refractivity contribution in [3.8, 4) is 5.75 Å². The van der Waals surface area contributed by atoms with Crippen LogP contribution in [-0.4, -0.2) is 32.4 Å². The Morgan fingerprint density at radius 3 is 2.67 bits per heavy atom. The maximum atomic E-state index is 11.9. The molecule has 0 saturated heterocycles. The van der Waals surface area contributed by atoms with Crippen molar-refractivity contribution in [2.75, 3.05) is 26.2 Å². The van der Waals surface area contributed by atoms with E-state index < -0.39 is 12.8 Å². The average molecular weight is 325 g/mol. The van der Waals surface area contributed by atoms with Gasteiger partial charge in [0.25, 0.3) is 0 Å². The Morgan fingerprint density at radius 1 is 1.29 bits per heavy atom. The lowest BCUT2D eigenvalue weighted by Crippen LogP contribution is -2.17. The summed E-state index contributed by atoms with van der Waals surface area (Å²) in [5, 5.41) is 0. The van der Waals surface area contributed by atoms with Crippen molar-refractivity contribution in [2.45, 2.75) is 25.4 Å². The molecule has 1 rings (SSSR count). The zero-order chi connectivity index (χ0) is 15.7. The van der Waals surface area contributed by atoms with Gasteiger partial charge in [-0.15, -0.1) is 11.6 Å². The van der Waals surface area contributed by atoms with E-state index in [4.69, 9.17) is 16.3 Å². The molecule has 0 aliphatic rings. The highest BCUT2D eigenvalue weighted by atomic mass is 35.5. The van der Waals surface area contributed by atoms with Crippen molar-refractivity contribution in [3.63, 3.8) is 0 Å². The molecule has 0 saturated carbocycles. The summed E-state index contributed by atoms with van der Waals surface area (Å²) in [6.07, 6.45) is -2.18. The molecule has 0 spiro atoms. The van der Waals surface area contributed by atoms with E-state index in [2.05, 4.69) is 4.74 Å². The van der Waals surface area contributed by atoms with Gasteiger partial charge in [0.2, 0.25) is 0 Å². The molecular formula is C15H20ClF3O2. The highest BCUT2D eigenvalue weighted by molar-refractivity contribution is 6.18. The quantitative estimate of drug-likeness (QED) is 0.493. The van der Waals surface area contributed by atoms with E-state index in [1.165, 1.54) is 0 Å². The first-order valence-corrected chi connectivity index (χ1v) is 7.31. The van der Waals surface area contributed by atoms with Gasteiger partial charge in [0, 0.05) is 12.5 Å². The molecule has 1 aromatic rings. The molecule has 0 bridgehead atoms. The lowest BCUT2D eigenvalue weighted by molar-refractivity contribution is -0.174. The number of benzene rings is 1. The molecule has 21 heavy (non-hydrogen) atoms. The molecular weight excluding hydrogens is 305 g/mol. The lowest BCUT2D eigenvalue weighted by Gasteiger charge is -2.15. The van der Waals surface area contributed by atoms with E-state index in [1.807, 2.05) is 24.3 Å². The SMILES string of the molecule is COc1cccc(CC(CCl)CCCOCC(F)(F)F)c1. The van der Waals surface area contributed by atoms with Crippen molar-refractivity contribution < 1.29 is 22.6 Å². The number of hydrogen-bond acceptors (Lipinski definition) is 2. The monoisotopic (exact) mass is 324 g/mol. The standard InChI is InChI=1S/C15H20ClF3O2/c1-20-14-6-2-4-12(9-14)8-13(10-16)5-3-7-21-11-15(17,18)19/h2,4,6,9,13H,3,5,7-8,10-11H2,1H3. The molecule has 0 radical (unpaired) electrons. The van der Waals surface area contributed by atoms with Crippen LogP contribution in [0, 0.1) is 5.92 Å². The molecule has 0 N–H and O–H groups in total. The van der Waals surface area contributed by atoms with Gasteiger partial charge < -0.3 is 9.47 Å². The molecule has 1 unspecified atom stereocenters. The van der Waals surface area contributed by atoms with Crippen LogP contribution in [0.15, 0.2) is 24.3 Å². The molecule has 120 valence electrons. The van der Waals surface area contributed by atoms with Gasteiger partial charge >= 0.3 is 6.18 Å². The van der Waals surface area contributed by atoms with Gasteiger partial charge in [-0.25, -0.2) is 0 Å². The molecule has 1 aromatic carbocycles. The fourth-order valence-electron chi connectivity index (χ4n) is 2.03. The number of methoxy groups -OCH3 is 1. The first-order valence-electron chi connectivity index (χ1n) is 6.78. The number of halogens is 4. The molecule has 0 aliphatic heterocycles. The van der Waals surface area contributed by atoms with Crippen molar-refractivity contribution in [3.05, 3.63) is 29.8 Å². The summed E-state index contributed by atoms with van der Waals surface area (Å²) >= 11 is 5.92. The van der Waals surface area contributed by atoms with Gasteiger partial charge in [0.1, 0.15) is 12.4 Å². The van der Waals surface area contributed by atoms with Crippen LogP contribution in [0.4, 0.5) is 13.2 Å². The Hall–Kier alpha value is -0.940. The highest BCUT2D eigenvalue weighted by Crippen LogP contribution is 2.20. The molecule has 2 nitrogen and oxygen atoms in total. The molecule has 6 heteroatoms. The van der Waals surface area contributed by atoms with Gasteiger partial charge in [0.15, 0.2) is 0 Å². The van der Waals surface area contributed by atoms with Crippen molar-refractivity contribution in [1.29, 1.82) is 0 Å². The second-order valence-corrected chi connectivity index (χ2v) is 5.19. The topological polar surface area (TPSA) is 18.5 Å². The summed E-state index contributed by atoms with van der Waals surface area (Å²) in [7, 11) is 1.61. The van der Waals surface area contributed by atoms with Gasteiger partial charge in [-0.1, -0.05) is 12.1 Å². The van der Waals surface area contributed by atoms with E-state index >= 15 is 0 Å². The Labute approximate surface area is 128 Å². The summed E-state index contributed by atoms with van der Waals surface area (Å²) in [5.74, 6) is 1.47. The van der Waals surface area contributed by atoms with Crippen LogP contribution in [0.2, 0.25) is 0 Å². The van der Waals surface area contributed by atoms with E-state index in [-0.39, 0.29) is 12.5 Å². The average Bonchev–Trinajstić information content (AvgIpc) is 2.44. The third kappa shape index (κ3) is 8.17. The van der Waals surface area contributed by atoms with E-state index in [0.29, 0.717) is 12.3 Å². The number of ether oxygens (including phenoxy) is 2. The van der Waals surface area contributed by atoms with Crippen LogP contribution in [0.1, 0.15) is 18.4 Å². The van der Waals surface area contributed by atoms with Crippen LogP contribution >= 0.6 is 11.6 Å². The minimum absolute atomic E-state index is 0.102. The van der Waals surface area contributed by atoms with Crippen LogP contribution in [0.25, 0.3) is 0 Å². The van der Waals surface area contributed by atoms with Gasteiger partial charge in [0.05, 0.1) is 7.11 Å². The van der Waals surface area contributed by atoms with Crippen molar-refractivity contribution in [2.24, 2.45) is 5.92 Å². The largest absolute Gasteiger partial charge is 0.497 e. The molecule has 1 atom stereocenters. The highest BCUT2D eigenvalue weighted by Gasteiger charge is 2.27. The fourth-order valence-corrected chi connectivity index (χ4v) is 2.29. The maximum absolute atomic E-state index is 11.9. The van der Waals surface area contributed by atoms with Crippen LogP contribution in [0.3, 0.4) is 0 Å². The van der Waals surface area contributed by atoms with Crippen LogP contribution in [-0.2, 0) is 11.2 Å². The predicted octanol–water partition coefficient (Wildman–Crippen LogP) is 4.45. The number of hydrogen-bond donors (Lipinski definition) is 0. The molecule has 0 aliphatic carbocycles. The normalized spacial score (nSPS) is 13.2. The maximum Gasteiger partial charge on any atom is 0.411 e. The van der Waals surface area contributed by atoms with Gasteiger partial charge in [-0.2, -0.15) is 13.2 Å². The Bertz CT molecular complexity index is 410. The van der Waals surface area contributed by atoms with Crippen molar-refractivity contribution in [1.82, 2.24) is 0 Å². The zero-order valence-electron chi connectivity index (χ0n) is 12.0. The van der Waals surface area contributed by atoms with Crippen LogP contribution < -0.4 is 4.74 Å². The summed E-state index contributed by atoms with van der Waals surface area (Å²) < 4.78 is 45.5. The fraction of sp³-hybridized carbons (Fsp3) is 0.600. The number of rotatable bonds is 9. The Morgan fingerprint density at radius 2 is 2.05 bits per heavy atom. The molecule has 0 fully saturated rings. The minimum atomic E-state index is -4.26.